The van der Waals surface area contributed by atoms with E-state index >= 15 is 0 Å². The lowest BCUT2D eigenvalue weighted by molar-refractivity contribution is -0.384. The van der Waals surface area contributed by atoms with E-state index in [1.807, 2.05) is 6.92 Å². The van der Waals surface area contributed by atoms with Gasteiger partial charge < -0.3 is 15.0 Å². The van der Waals surface area contributed by atoms with Gasteiger partial charge in [0.25, 0.3) is 5.69 Å². The highest BCUT2D eigenvalue weighted by Gasteiger charge is 2.32. The molecule has 0 spiro atoms. The quantitative estimate of drug-likeness (QED) is 0.217. The van der Waals surface area contributed by atoms with Crippen LogP contribution in [0.4, 0.5) is 11.4 Å². The van der Waals surface area contributed by atoms with E-state index in [1.54, 1.807) is 38.1 Å². The average molecular weight is 549 g/mol. The summed E-state index contributed by atoms with van der Waals surface area (Å²) in [7, 11) is -2.48. The van der Waals surface area contributed by atoms with Gasteiger partial charge in [0.05, 0.1) is 24.0 Å². The van der Waals surface area contributed by atoms with E-state index in [9.17, 15) is 28.1 Å². The molecule has 0 saturated carbocycles. The van der Waals surface area contributed by atoms with Crippen LogP contribution in [0.2, 0.25) is 0 Å². The van der Waals surface area contributed by atoms with E-state index in [4.69, 9.17) is 4.74 Å². The lowest BCUT2D eigenvalue weighted by Crippen LogP contribution is -2.52. The topological polar surface area (TPSA) is 139 Å². The molecule has 0 saturated heterocycles. The van der Waals surface area contributed by atoms with E-state index in [2.05, 4.69) is 5.32 Å². The van der Waals surface area contributed by atoms with Gasteiger partial charge >= 0.3 is 0 Å². The third-order valence-corrected chi connectivity index (χ3v) is 7.21. The van der Waals surface area contributed by atoms with Crippen LogP contribution in [-0.4, -0.2) is 62.6 Å². The second-order valence-corrected chi connectivity index (χ2v) is 10.8. The molecular formula is C26H36N4O7S. The van der Waals surface area contributed by atoms with Crippen LogP contribution in [0, 0.1) is 17.0 Å². The summed E-state index contributed by atoms with van der Waals surface area (Å²) in [5.74, 6) is -0.324. The van der Waals surface area contributed by atoms with Gasteiger partial charge in [-0.15, -0.1) is 0 Å². The minimum absolute atomic E-state index is 0.0277. The molecule has 0 aliphatic rings. The largest absolute Gasteiger partial charge is 0.497 e. The minimum atomic E-state index is -4.02. The number of benzene rings is 2. The first-order valence-corrected chi connectivity index (χ1v) is 14.2. The van der Waals surface area contributed by atoms with Crippen LogP contribution in [0.3, 0.4) is 0 Å². The van der Waals surface area contributed by atoms with Crippen molar-refractivity contribution in [2.75, 3.05) is 30.8 Å². The molecule has 2 amide bonds. The summed E-state index contributed by atoms with van der Waals surface area (Å²) in [4.78, 5) is 38.9. The summed E-state index contributed by atoms with van der Waals surface area (Å²) in [5.41, 5.74) is 0.889. The third-order valence-electron chi connectivity index (χ3n) is 6.08. The smallest absolute Gasteiger partial charge is 0.271 e. The second kappa shape index (κ2) is 13.8. The van der Waals surface area contributed by atoms with Gasteiger partial charge in [-0.1, -0.05) is 38.5 Å². The number of aryl methyl sites for hydroxylation is 1. The van der Waals surface area contributed by atoms with Gasteiger partial charge in [-0.25, -0.2) is 8.42 Å². The van der Waals surface area contributed by atoms with Crippen molar-refractivity contribution in [3.8, 4) is 5.75 Å². The number of nitro benzene ring substituents is 1. The molecule has 38 heavy (non-hydrogen) atoms. The molecule has 2 rings (SSSR count). The van der Waals surface area contributed by atoms with Crippen molar-refractivity contribution >= 4 is 33.2 Å². The van der Waals surface area contributed by atoms with Crippen LogP contribution >= 0.6 is 0 Å². The molecule has 208 valence electrons. The van der Waals surface area contributed by atoms with Crippen molar-refractivity contribution in [3.05, 3.63) is 63.7 Å². The van der Waals surface area contributed by atoms with Gasteiger partial charge in [-0.2, -0.15) is 0 Å². The number of ether oxygens (including phenoxy) is 1. The molecule has 2 aromatic rings. The van der Waals surface area contributed by atoms with Gasteiger partial charge in [0.1, 0.15) is 18.3 Å². The highest BCUT2D eigenvalue weighted by molar-refractivity contribution is 7.92. The molecule has 0 fully saturated rings. The third kappa shape index (κ3) is 8.17. The molecule has 0 bridgehead atoms. The number of non-ortho nitro benzene ring substituents is 1. The fraction of sp³-hybridized carbons (Fsp3) is 0.462. The molecule has 0 aliphatic carbocycles. The highest BCUT2D eigenvalue weighted by atomic mass is 32.2. The van der Waals surface area contributed by atoms with Crippen LogP contribution in [0.1, 0.15) is 44.2 Å². The number of hydrogen-bond donors (Lipinski definition) is 1. The summed E-state index contributed by atoms with van der Waals surface area (Å²) in [5, 5.41) is 14.2. The lowest BCUT2D eigenvalue weighted by Gasteiger charge is -2.33. The van der Waals surface area contributed by atoms with Crippen LogP contribution in [0.15, 0.2) is 42.5 Å². The average Bonchev–Trinajstić information content (AvgIpc) is 2.87. The standard InChI is InChI=1S/C26H36N4O7S/c1-6-8-15-27-26(32)23(7-2)28(17-20-10-13-22(37-4)14-11-20)25(31)18-29(38(5,35)36)24-16-21(30(33)34)12-9-19(24)3/h9-14,16,23H,6-8,15,17-18H2,1-5H3,(H,27,32)/t23-/m0/s1. The Morgan fingerprint density at radius 1 is 1.13 bits per heavy atom. The van der Waals surface area contributed by atoms with Crippen molar-refractivity contribution in [2.24, 2.45) is 0 Å². The number of amides is 2. The molecule has 0 aromatic heterocycles. The first-order valence-electron chi connectivity index (χ1n) is 12.4. The summed E-state index contributed by atoms with van der Waals surface area (Å²) in [6, 6.07) is 9.97. The predicted octanol–water partition coefficient (Wildman–Crippen LogP) is 3.40. The molecule has 2 aromatic carbocycles. The van der Waals surface area contributed by atoms with Gasteiger partial charge in [0.2, 0.25) is 21.8 Å². The van der Waals surface area contributed by atoms with Crippen molar-refractivity contribution in [3.63, 3.8) is 0 Å². The lowest BCUT2D eigenvalue weighted by atomic mass is 10.1. The zero-order valence-electron chi connectivity index (χ0n) is 22.5. The van der Waals surface area contributed by atoms with E-state index < -0.39 is 33.4 Å². The molecule has 11 nitrogen and oxygen atoms in total. The number of nitrogens with one attached hydrogen (secondary N) is 1. The number of nitro groups is 1. The van der Waals surface area contributed by atoms with Gasteiger partial charge in [0.15, 0.2) is 0 Å². The maximum atomic E-state index is 13.7. The monoisotopic (exact) mass is 548 g/mol. The summed E-state index contributed by atoms with van der Waals surface area (Å²) >= 11 is 0. The number of sulfonamides is 1. The zero-order chi connectivity index (χ0) is 28.5. The Kier molecular flexibility index (Phi) is 11.1. The Balaban J connectivity index is 2.49. The van der Waals surface area contributed by atoms with E-state index in [1.165, 1.54) is 24.1 Å². The molecule has 0 heterocycles. The van der Waals surface area contributed by atoms with E-state index in [0.29, 0.717) is 24.3 Å². The summed E-state index contributed by atoms with van der Waals surface area (Å²) in [6.45, 7) is 5.26. The Morgan fingerprint density at radius 3 is 2.32 bits per heavy atom. The van der Waals surface area contributed by atoms with Crippen molar-refractivity contribution in [2.45, 2.75) is 52.6 Å². The molecule has 1 atom stereocenters. The first-order chi connectivity index (χ1) is 17.9. The van der Waals surface area contributed by atoms with Gasteiger partial charge in [-0.05, 0) is 43.0 Å². The Bertz CT molecular complexity index is 1230. The number of anilines is 1. The van der Waals surface area contributed by atoms with Gasteiger partial charge in [-0.3, -0.25) is 24.0 Å². The second-order valence-electron chi connectivity index (χ2n) is 8.94. The maximum Gasteiger partial charge on any atom is 0.271 e. The number of rotatable bonds is 14. The fourth-order valence-corrected chi connectivity index (χ4v) is 4.83. The highest BCUT2D eigenvalue weighted by Crippen LogP contribution is 2.28. The minimum Gasteiger partial charge on any atom is -0.497 e. The molecule has 0 unspecified atom stereocenters. The van der Waals surface area contributed by atoms with E-state index in [0.717, 1.165) is 35.0 Å². The number of nitrogens with zero attached hydrogens (tertiary/aromatic N) is 3. The van der Waals surface area contributed by atoms with Crippen LogP contribution in [-0.2, 0) is 26.2 Å². The van der Waals surface area contributed by atoms with Crippen molar-refractivity contribution in [1.82, 2.24) is 10.2 Å². The number of hydrogen-bond acceptors (Lipinski definition) is 7. The molecule has 0 radical (unpaired) electrons. The SMILES string of the molecule is CCCCNC(=O)[C@H](CC)N(Cc1ccc(OC)cc1)C(=O)CN(c1cc([N+](=O)[O-])ccc1C)S(C)(=O)=O. The molecular weight excluding hydrogens is 512 g/mol. The Hall–Kier alpha value is -3.67. The summed E-state index contributed by atoms with van der Waals surface area (Å²) in [6.07, 6.45) is 2.90. The van der Waals surface area contributed by atoms with Crippen molar-refractivity contribution in [1.29, 1.82) is 0 Å². The van der Waals surface area contributed by atoms with Crippen molar-refractivity contribution < 1.29 is 27.7 Å². The van der Waals surface area contributed by atoms with Gasteiger partial charge in [0, 0.05) is 25.2 Å². The fourth-order valence-electron chi connectivity index (χ4n) is 3.93. The molecule has 12 heteroatoms. The number of carbonyl (C=O) groups is 2. The normalized spacial score (nSPS) is 11.9. The molecule has 1 N–H and O–H groups in total. The maximum absolute atomic E-state index is 13.7. The van der Waals surface area contributed by atoms with Crippen LogP contribution in [0.25, 0.3) is 0 Å². The molecule has 0 aliphatic heterocycles. The Morgan fingerprint density at radius 2 is 1.79 bits per heavy atom. The zero-order valence-corrected chi connectivity index (χ0v) is 23.3. The predicted molar refractivity (Wildman–Crippen MR) is 146 cm³/mol. The van der Waals surface area contributed by atoms with Crippen LogP contribution in [0.5, 0.6) is 5.75 Å². The Labute approximate surface area is 224 Å². The number of carbonyl (C=O) groups excluding carboxylic acids is 2. The summed E-state index contributed by atoms with van der Waals surface area (Å²) < 4.78 is 31.6. The first kappa shape index (κ1) is 30.6. The van der Waals surface area contributed by atoms with E-state index in [-0.39, 0.29) is 23.8 Å². The number of unbranched alkanes of at least 4 members (excludes halogenated alkanes) is 1. The van der Waals surface area contributed by atoms with Crippen LogP contribution < -0.4 is 14.4 Å². The number of methoxy groups -OCH3 is 1.